The van der Waals surface area contributed by atoms with E-state index in [1.165, 1.54) is 29.5 Å². The Labute approximate surface area is 114 Å². The maximum atomic E-state index is 4.05. The number of benzene rings is 1. The fourth-order valence-corrected chi connectivity index (χ4v) is 2.37. The highest BCUT2D eigenvalue weighted by Crippen LogP contribution is 2.39. The average molecular weight is 252 g/mol. The van der Waals surface area contributed by atoms with Crippen LogP contribution in [0.2, 0.25) is 0 Å². The van der Waals surface area contributed by atoms with Crippen LogP contribution in [0.25, 0.3) is 0 Å². The summed E-state index contributed by atoms with van der Waals surface area (Å²) < 4.78 is 0. The molecular weight excluding hydrogens is 232 g/mol. The number of hydrogen-bond donors (Lipinski definition) is 1. The molecule has 98 valence electrons. The van der Waals surface area contributed by atoms with Gasteiger partial charge in [0, 0.05) is 25.0 Å². The minimum Gasteiger partial charge on any atom is -0.306 e. The van der Waals surface area contributed by atoms with E-state index in [1.807, 2.05) is 12.4 Å². The molecule has 1 heterocycles. The van der Waals surface area contributed by atoms with Crippen LogP contribution in [0, 0.1) is 0 Å². The second kappa shape index (κ2) is 5.54. The lowest BCUT2D eigenvalue weighted by atomic mass is 10.1. The number of hydrogen-bond acceptors (Lipinski definition) is 2. The molecule has 1 aliphatic rings. The fourth-order valence-electron chi connectivity index (χ4n) is 2.37. The molecule has 2 heteroatoms. The summed E-state index contributed by atoms with van der Waals surface area (Å²) in [6.45, 7) is 3.10. The molecule has 3 rings (SSSR count). The van der Waals surface area contributed by atoms with E-state index in [2.05, 4.69) is 53.6 Å². The Morgan fingerprint density at radius 3 is 2.42 bits per heavy atom. The van der Waals surface area contributed by atoms with Crippen molar-refractivity contribution in [3.8, 4) is 0 Å². The smallest absolute Gasteiger partial charge is 0.0296 e. The normalized spacial score (nSPS) is 16.3. The molecule has 1 aromatic heterocycles. The van der Waals surface area contributed by atoms with E-state index in [9.17, 15) is 0 Å². The van der Waals surface area contributed by atoms with Crippen LogP contribution in [0.5, 0.6) is 0 Å². The number of pyridine rings is 1. The van der Waals surface area contributed by atoms with Gasteiger partial charge in [0.2, 0.25) is 0 Å². The topological polar surface area (TPSA) is 24.9 Å². The first-order valence-electron chi connectivity index (χ1n) is 7.05. The van der Waals surface area contributed by atoms with Gasteiger partial charge in [-0.2, -0.15) is 0 Å². The molecule has 0 radical (unpaired) electrons. The number of rotatable bonds is 5. The van der Waals surface area contributed by atoms with Gasteiger partial charge in [0.25, 0.3) is 0 Å². The highest BCUT2D eigenvalue weighted by molar-refractivity contribution is 5.28. The zero-order valence-electron chi connectivity index (χ0n) is 11.3. The molecule has 19 heavy (non-hydrogen) atoms. The Balaban J connectivity index is 1.56. The van der Waals surface area contributed by atoms with E-state index in [-0.39, 0.29) is 0 Å². The maximum Gasteiger partial charge on any atom is 0.0296 e. The van der Waals surface area contributed by atoms with Crippen LogP contribution in [-0.4, -0.2) is 4.98 Å². The first-order chi connectivity index (χ1) is 9.33. The van der Waals surface area contributed by atoms with E-state index in [0.717, 1.165) is 12.5 Å². The van der Waals surface area contributed by atoms with Gasteiger partial charge < -0.3 is 5.32 Å². The molecular formula is C17H20N2. The Kier molecular flexibility index (Phi) is 3.60. The van der Waals surface area contributed by atoms with Crippen molar-refractivity contribution in [2.45, 2.75) is 38.3 Å². The number of aromatic nitrogens is 1. The van der Waals surface area contributed by atoms with Gasteiger partial charge in [-0.1, -0.05) is 24.3 Å². The molecule has 0 bridgehead atoms. The molecule has 1 atom stereocenters. The minimum atomic E-state index is 0.353. The van der Waals surface area contributed by atoms with Crippen molar-refractivity contribution in [2.24, 2.45) is 0 Å². The first kappa shape index (κ1) is 12.4. The zero-order valence-corrected chi connectivity index (χ0v) is 11.3. The number of nitrogens with one attached hydrogen (secondary N) is 1. The lowest BCUT2D eigenvalue weighted by Gasteiger charge is -2.14. The highest BCUT2D eigenvalue weighted by atomic mass is 14.9. The van der Waals surface area contributed by atoms with Crippen molar-refractivity contribution in [3.63, 3.8) is 0 Å². The maximum absolute atomic E-state index is 4.05. The standard InChI is InChI=1S/C17H20N2/c1-13(15-8-10-18-11-9-15)19-12-14-2-4-16(5-3-14)17-6-7-17/h2-5,8-11,13,17,19H,6-7,12H2,1H3/t13-/m1/s1. The summed E-state index contributed by atoms with van der Waals surface area (Å²) in [7, 11) is 0. The predicted molar refractivity (Wildman–Crippen MR) is 77.9 cm³/mol. The summed E-state index contributed by atoms with van der Waals surface area (Å²) in [6.07, 6.45) is 6.43. The molecule has 0 amide bonds. The summed E-state index contributed by atoms with van der Waals surface area (Å²) in [5.41, 5.74) is 4.14. The Bertz CT molecular complexity index is 515. The van der Waals surface area contributed by atoms with Gasteiger partial charge in [-0.05, 0) is 54.5 Å². The van der Waals surface area contributed by atoms with Crippen LogP contribution in [0.4, 0.5) is 0 Å². The molecule has 0 aliphatic heterocycles. The third-order valence-corrected chi connectivity index (χ3v) is 3.85. The van der Waals surface area contributed by atoms with E-state index in [4.69, 9.17) is 0 Å². The van der Waals surface area contributed by atoms with E-state index in [1.54, 1.807) is 0 Å². The summed E-state index contributed by atoms with van der Waals surface area (Å²) >= 11 is 0. The molecule has 2 aromatic rings. The van der Waals surface area contributed by atoms with Crippen LogP contribution < -0.4 is 5.32 Å². The summed E-state index contributed by atoms with van der Waals surface area (Å²) in [5.74, 6) is 0.845. The summed E-state index contributed by atoms with van der Waals surface area (Å²) in [4.78, 5) is 4.05. The molecule has 1 N–H and O–H groups in total. The van der Waals surface area contributed by atoms with Crippen LogP contribution >= 0.6 is 0 Å². The van der Waals surface area contributed by atoms with Crippen molar-refractivity contribution in [2.75, 3.05) is 0 Å². The Morgan fingerprint density at radius 1 is 1.11 bits per heavy atom. The molecule has 1 aromatic carbocycles. The van der Waals surface area contributed by atoms with Crippen molar-refractivity contribution in [1.29, 1.82) is 0 Å². The van der Waals surface area contributed by atoms with Crippen LogP contribution in [0.1, 0.15) is 48.4 Å². The van der Waals surface area contributed by atoms with Crippen LogP contribution in [0.15, 0.2) is 48.8 Å². The molecule has 1 aliphatic carbocycles. The molecule has 0 spiro atoms. The van der Waals surface area contributed by atoms with Crippen molar-refractivity contribution in [3.05, 3.63) is 65.5 Å². The monoisotopic (exact) mass is 252 g/mol. The Hall–Kier alpha value is -1.67. The molecule has 0 unspecified atom stereocenters. The number of nitrogens with zero attached hydrogens (tertiary/aromatic N) is 1. The molecule has 2 nitrogen and oxygen atoms in total. The van der Waals surface area contributed by atoms with Gasteiger partial charge >= 0.3 is 0 Å². The third kappa shape index (κ3) is 3.21. The predicted octanol–water partition coefficient (Wildman–Crippen LogP) is 3.81. The van der Waals surface area contributed by atoms with Crippen molar-refractivity contribution < 1.29 is 0 Å². The van der Waals surface area contributed by atoms with Gasteiger partial charge in [-0.15, -0.1) is 0 Å². The largest absolute Gasteiger partial charge is 0.306 e. The zero-order chi connectivity index (χ0) is 13.1. The van der Waals surface area contributed by atoms with Crippen molar-refractivity contribution in [1.82, 2.24) is 10.3 Å². The summed E-state index contributed by atoms with van der Waals surface area (Å²) in [5, 5.41) is 3.55. The molecule has 1 saturated carbocycles. The van der Waals surface area contributed by atoms with E-state index >= 15 is 0 Å². The quantitative estimate of drug-likeness (QED) is 0.875. The van der Waals surface area contributed by atoms with E-state index in [0.29, 0.717) is 6.04 Å². The van der Waals surface area contributed by atoms with Gasteiger partial charge in [0.15, 0.2) is 0 Å². The second-order valence-corrected chi connectivity index (χ2v) is 5.40. The minimum absolute atomic E-state index is 0.353. The molecule has 0 saturated heterocycles. The Morgan fingerprint density at radius 2 is 1.79 bits per heavy atom. The van der Waals surface area contributed by atoms with Crippen LogP contribution in [0.3, 0.4) is 0 Å². The second-order valence-electron chi connectivity index (χ2n) is 5.40. The third-order valence-electron chi connectivity index (χ3n) is 3.85. The van der Waals surface area contributed by atoms with E-state index < -0.39 is 0 Å². The van der Waals surface area contributed by atoms with Gasteiger partial charge in [-0.25, -0.2) is 0 Å². The van der Waals surface area contributed by atoms with Crippen molar-refractivity contribution >= 4 is 0 Å². The molecule has 1 fully saturated rings. The van der Waals surface area contributed by atoms with Gasteiger partial charge in [0.1, 0.15) is 0 Å². The lowest BCUT2D eigenvalue weighted by molar-refractivity contribution is 0.574. The highest BCUT2D eigenvalue weighted by Gasteiger charge is 2.22. The van der Waals surface area contributed by atoms with Gasteiger partial charge in [-0.3, -0.25) is 4.98 Å². The fraction of sp³-hybridized carbons (Fsp3) is 0.353. The first-order valence-corrected chi connectivity index (χ1v) is 7.05. The van der Waals surface area contributed by atoms with Crippen LogP contribution in [-0.2, 0) is 6.54 Å². The summed E-state index contributed by atoms with van der Waals surface area (Å²) in [6, 6.07) is 13.5. The average Bonchev–Trinajstić information content (AvgIpc) is 3.31. The van der Waals surface area contributed by atoms with Gasteiger partial charge in [0.05, 0.1) is 0 Å². The SMILES string of the molecule is C[C@@H](NCc1ccc(C2CC2)cc1)c1ccncc1. The lowest BCUT2D eigenvalue weighted by Crippen LogP contribution is -2.18.